The van der Waals surface area contributed by atoms with E-state index in [1.807, 2.05) is 25.3 Å². The van der Waals surface area contributed by atoms with Crippen molar-refractivity contribution in [1.29, 1.82) is 0 Å². The number of aromatic nitrogens is 3. The molecule has 0 spiro atoms. The van der Waals surface area contributed by atoms with Gasteiger partial charge in [0.2, 0.25) is 0 Å². The Balaban J connectivity index is 1.57. The third-order valence-electron chi connectivity index (χ3n) is 4.36. The van der Waals surface area contributed by atoms with E-state index >= 15 is 0 Å². The molecule has 1 amide bonds. The monoisotopic (exact) mass is 394 g/mol. The summed E-state index contributed by atoms with van der Waals surface area (Å²) in [5.74, 6) is -0.509. The molecule has 0 unspecified atom stereocenters. The summed E-state index contributed by atoms with van der Waals surface area (Å²) in [5.41, 5.74) is 4.45. The van der Waals surface area contributed by atoms with Crippen LogP contribution in [-0.2, 0) is 0 Å². The highest BCUT2D eigenvalue weighted by Crippen LogP contribution is 2.28. The zero-order valence-corrected chi connectivity index (χ0v) is 15.9. The SMILES string of the molecule is Cc1ccnc(-c2csc(NC(=O)c3cnoc3-c3ccc(F)cc3)n2)c1C. The van der Waals surface area contributed by atoms with Gasteiger partial charge >= 0.3 is 0 Å². The molecule has 140 valence electrons. The summed E-state index contributed by atoms with van der Waals surface area (Å²) in [4.78, 5) is 21.5. The van der Waals surface area contributed by atoms with Crippen molar-refractivity contribution in [3.8, 4) is 22.7 Å². The molecule has 6 nitrogen and oxygen atoms in total. The van der Waals surface area contributed by atoms with Gasteiger partial charge in [0.05, 0.1) is 11.9 Å². The number of thiazole rings is 1. The van der Waals surface area contributed by atoms with Crippen molar-refractivity contribution in [1.82, 2.24) is 15.1 Å². The third kappa shape index (κ3) is 3.41. The number of carbonyl (C=O) groups is 1. The minimum Gasteiger partial charge on any atom is -0.355 e. The fourth-order valence-corrected chi connectivity index (χ4v) is 3.40. The highest BCUT2D eigenvalue weighted by atomic mass is 32.1. The van der Waals surface area contributed by atoms with Gasteiger partial charge < -0.3 is 4.52 Å². The van der Waals surface area contributed by atoms with E-state index in [0.717, 1.165) is 16.8 Å². The van der Waals surface area contributed by atoms with Gasteiger partial charge in [0, 0.05) is 17.1 Å². The molecule has 4 aromatic rings. The second-order valence-corrected chi connectivity index (χ2v) is 7.03. The summed E-state index contributed by atoms with van der Waals surface area (Å²) in [5, 5.41) is 8.74. The maximum Gasteiger partial charge on any atom is 0.263 e. The molecule has 0 aliphatic heterocycles. The summed E-state index contributed by atoms with van der Waals surface area (Å²) in [7, 11) is 0. The summed E-state index contributed by atoms with van der Waals surface area (Å²) in [6.07, 6.45) is 3.07. The maximum atomic E-state index is 13.1. The molecule has 0 fully saturated rings. The van der Waals surface area contributed by atoms with Crippen molar-refractivity contribution in [2.75, 3.05) is 5.32 Å². The number of hydrogen-bond donors (Lipinski definition) is 1. The number of rotatable bonds is 4. The van der Waals surface area contributed by atoms with E-state index in [1.165, 1.54) is 41.8 Å². The Hall–Kier alpha value is -3.39. The first kappa shape index (κ1) is 18.0. The van der Waals surface area contributed by atoms with Gasteiger partial charge in [-0.25, -0.2) is 9.37 Å². The van der Waals surface area contributed by atoms with Gasteiger partial charge in [-0.2, -0.15) is 0 Å². The number of carbonyl (C=O) groups excluding carboxylic acids is 1. The zero-order valence-electron chi connectivity index (χ0n) is 15.1. The number of benzene rings is 1. The largest absolute Gasteiger partial charge is 0.355 e. The lowest BCUT2D eigenvalue weighted by atomic mass is 10.1. The van der Waals surface area contributed by atoms with Crippen LogP contribution in [0.25, 0.3) is 22.7 Å². The van der Waals surface area contributed by atoms with E-state index in [4.69, 9.17) is 4.52 Å². The minimum atomic E-state index is -0.407. The number of hydrogen-bond acceptors (Lipinski definition) is 6. The highest BCUT2D eigenvalue weighted by molar-refractivity contribution is 7.14. The van der Waals surface area contributed by atoms with E-state index < -0.39 is 5.91 Å². The van der Waals surface area contributed by atoms with Crippen molar-refractivity contribution in [2.45, 2.75) is 13.8 Å². The molecule has 4 rings (SSSR count). The first-order chi connectivity index (χ1) is 13.5. The molecule has 1 aromatic carbocycles. The topological polar surface area (TPSA) is 80.9 Å². The molecule has 3 aromatic heterocycles. The van der Waals surface area contributed by atoms with Crippen LogP contribution < -0.4 is 5.32 Å². The van der Waals surface area contributed by atoms with Crippen molar-refractivity contribution in [2.24, 2.45) is 0 Å². The molecule has 3 heterocycles. The molecule has 0 saturated heterocycles. The van der Waals surface area contributed by atoms with Gasteiger partial charge in [-0.15, -0.1) is 11.3 Å². The van der Waals surface area contributed by atoms with Crippen molar-refractivity contribution >= 4 is 22.4 Å². The number of amides is 1. The predicted molar refractivity (Wildman–Crippen MR) is 105 cm³/mol. The first-order valence-electron chi connectivity index (χ1n) is 8.43. The Morgan fingerprint density at radius 2 is 1.96 bits per heavy atom. The lowest BCUT2D eigenvalue weighted by Crippen LogP contribution is -2.11. The number of nitrogens with one attached hydrogen (secondary N) is 1. The van der Waals surface area contributed by atoms with E-state index in [0.29, 0.717) is 16.4 Å². The second-order valence-electron chi connectivity index (χ2n) is 6.17. The van der Waals surface area contributed by atoms with Gasteiger partial charge in [0.25, 0.3) is 5.91 Å². The van der Waals surface area contributed by atoms with Gasteiger partial charge in [-0.1, -0.05) is 5.16 Å². The molecule has 0 bridgehead atoms. The Bertz CT molecular complexity index is 1150. The Morgan fingerprint density at radius 3 is 2.75 bits per heavy atom. The second kappa shape index (κ2) is 7.32. The fraction of sp³-hybridized carbons (Fsp3) is 0.100. The van der Waals surface area contributed by atoms with E-state index in [9.17, 15) is 9.18 Å². The van der Waals surface area contributed by atoms with Crippen LogP contribution in [0.5, 0.6) is 0 Å². The van der Waals surface area contributed by atoms with Crippen LogP contribution in [0.4, 0.5) is 9.52 Å². The molecule has 0 aliphatic rings. The Labute approximate surface area is 164 Å². The summed E-state index contributed by atoms with van der Waals surface area (Å²) < 4.78 is 18.3. The van der Waals surface area contributed by atoms with Crippen LogP contribution in [0, 0.1) is 19.7 Å². The third-order valence-corrected chi connectivity index (χ3v) is 5.12. The fourth-order valence-electron chi connectivity index (χ4n) is 2.71. The van der Waals surface area contributed by atoms with E-state index in [-0.39, 0.29) is 17.1 Å². The highest BCUT2D eigenvalue weighted by Gasteiger charge is 2.19. The van der Waals surface area contributed by atoms with Gasteiger partial charge in [0.15, 0.2) is 10.9 Å². The maximum absolute atomic E-state index is 13.1. The number of halogens is 1. The molecule has 28 heavy (non-hydrogen) atoms. The van der Waals surface area contributed by atoms with Crippen molar-refractivity contribution in [3.63, 3.8) is 0 Å². The Kier molecular flexibility index (Phi) is 4.70. The number of pyridine rings is 1. The minimum absolute atomic E-state index is 0.244. The van der Waals surface area contributed by atoms with E-state index in [2.05, 4.69) is 20.4 Å². The van der Waals surface area contributed by atoms with Crippen LogP contribution in [0.1, 0.15) is 21.5 Å². The van der Waals surface area contributed by atoms with Crippen LogP contribution in [0.15, 0.2) is 52.6 Å². The zero-order chi connectivity index (χ0) is 19.7. The van der Waals surface area contributed by atoms with Crippen LogP contribution in [0.2, 0.25) is 0 Å². The smallest absolute Gasteiger partial charge is 0.263 e. The van der Waals surface area contributed by atoms with Gasteiger partial charge in [-0.05, 0) is 55.3 Å². The average molecular weight is 394 g/mol. The summed E-state index contributed by atoms with van der Waals surface area (Å²) >= 11 is 1.30. The molecular weight excluding hydrogens is 379 g/mol. The normalized spacial score (nSPS) is 10.8. The predicted octanol–water partition coefficient (Wildman–Crippen LogP) is 4.87. The molecule has 8 heteroatoms. The van der Waals surface area contributed by atoms with Crippen LogP contribution >= 0.6 is 11.3 Å². The molecule has 0 aliphatic carbocycles. The van der Waals surface area contributed by atoms with Crippen molar-refractivity contribution < 1.29 is 13.7 Å². The van der Waals surface area contributed by atoms with Gasteiger partial charge in [0.1, 0.15) is 17.1 Å². The molecule has 1 N–H and O–H groups in total. The molecule has 0 saturated carbocycles. The quantitative estimate of drug-likeness (QED) is 0.534. The van der Waals surface area contributed by atoms with Crippen molar-refractivity contribution in [3.05, 3.63) is 70.6 Å². The Morgan fingerprint density at radius 1 is 1.18 bits per heavy atom. The lowest BCUT2D eigenvalue weighted by molar-refractivity contribution is 0.102. The molecule has 0 radical (unpaired) electrons. The van der Waals surface area contributed by atoms with Crippen LogP contribution in [-0.4, -0.2) is 21.0 Å². The molecule has 0 atom stereocenters. The first-order valence-corrected chi connectivity index (χ1v) is 9.31. The summed E-state index contributed by atoms with van der Waals surface area (Å²) in [6.45, 7) is 4.00. The number of aryl methyl sites for hydroxylation is 1. The average Bonchev–Trinajstić information content (AvgIpc) is 3.34. The van der Waals surface area contributed by atoms with Crippen LogP contribution in [0.3, 0.4) is 0 Å². The van der Waals surface area contributed by atoms with Gasteiger partial charge in [-0.3, -0.25) is 15.1 Å². The standard InChI is InChI=1S/C20H15FN4O2S/c1-11-7-8-22-17(12(11)2)16-10-28-20(24-16)25-19(26)15-9-23-27-18(15)13-3-5-14(21)6-4-13/h3-10H,1-2H3,(H,24,25,26). The lowest BCUT2D eigenvalue weighted by Gasteiger charge is -2.04. The summed E-state index contributed by atoms with van der Waals surface area (Å²) in [6, 6.07) is 7.59. The van der Waals surface area contributed by atoms with E-state index in [1.54, 1.807) is 6.20 Å². The molecular formula is C20H15FN4O2S. The number of anilines is 1. The number of nitrogens with zero attached hydrogens (tertiary/aromatic N) is 3.